The molecular formula is C20H27N3O3S. The van der Waals surface area contributed by atoms with Crippen LogP contribution < -0.4 is 15.4 Å². The Kier molecular flexibility index (Phi) is 6.28. The van der Waals surface area contributed by atoms with Gasteiger partial charge in [-0.1, -0.05) is 38.1 Å². The van der Waals surface area contributed by atoms with Crippen LogP contribution in [0.5, 0.6) is 0 Å². The first-order chi connectivity index (χ1) is 12.6. The van der Waals surface area contributed by atoms with Crippen LogP contribution >= 0.6 is 0 Å². The van der Waals surface area contributed by atoms with Crippen LogP contribution in [-0.2, 0) is 10.0 Å². The summed E-state index contributed by atoms with van der Waals surface area (Å²) in [6.45, 7) is 6.11. The number of amides is 1. The van der Waals surface area contributed by atoms with Crippen molar-refractivity contribution in [2.24, 2.45) is 11.7 Å². The zero-order valence-corrected chi connectivity index (χ0v) is 17.0. The van der Waals surface area contributed by atoms with E-state index in [2.05, 4.69) is 5.32 Å². The van der Waals surface area contributed by atoms with E-state index in [1.807, 2.05) is 26.8 Å². The van der Waals surface area contributed by atoms with Gasteiger partial charge in [0.05, 0.1) is 16.1 Å². The molecule has 0 aliphatic heterocycles. The van der Waals surface area contributed by atoms with E-state index in [9.17, 15) is 13.2 Å². The summed E-state index contributed by atoms with van der Waals surface area (Å²) in [6, 6.07) is 14.8. The summed E-state index contributed by atoms with van der Waals surface area (Å²) in [5.74, 6) is -0.223. The first kappa shape index (κ1) is 20.9. The lowest BCUT2D eigenvalue weighted by Gasteiger charge is -2.33. The number of hydrogen-bond donors (Lipinski definition) is 2. The van der Waals surface area contributed by atoms with Gasteiger partial charge in [-0.2, -0.15) is 0 Å². The van der Waals surface area contributed by atoms with E-state index >= 15 is 0 Å². The van der Waals surface area contributed by atoms with Gasteiger partial charge in [-0.05, 0) is 43.2 Å². The van der Waals surface area contributed by atoms with Gasteiger partial charge in [-0.3, -0.25) is 9.10 Å². The van der Waals surface area contributed by atoms with Crippen LogP contribution in [0.1, 0.15) is 31.1 Å². The molecule has 0 radical (unpaired) electrons. The molecule has 146 valence electrons. The molecule has 0 heterocycles. The van der Waals surface area contributed by atoms with Crippen LogP contribution in [-0.4, -0.2) is 33.5 Å². The number of nitrogens with zero attached hydrogens (tertiary/aromatic N) is 1. The van der Waals surface area contributed by atoms with E-state index in [1.165, 1.54) is 23.5 Å². The summed E-state index contributed by atoms with van der Waals surface area (Å²) >= 11 is 0. The number of sulfonamides is 1. The van der Waals surface area contributed by atoms with Gasteiger partial charge in [0.25, 0.3) is 15.9 Å². The molecule has 2 aromatic carbocycles. The fourth-order valence-corrected chi connectivity index (χ4v) is 3.74. The fraction of sp³-hybridized carbons (Fsp3) is 0.350. The number of para-hydroxylation sites is 1. The van der Waals surface area contributed by atoms with Crippen LogP contribution in [0.3, 0.4) is 0 Å². The smallest absolute Gasteiger partial charge is 0.264 e. The van der Waals surface area contributed by atoms with Crippen molar-refractivity contribution in [2.75, 3.05) is 17.9 Å². The Bertz CT molecular complexity index is 898. The van der Waals surface area contributed by atoms with Crippen LogP contribution in [0, 0.1) is 5.92 Å². The molecule has 27 heavy (non-hydrogen) atoms. The zero-order valence-electron chi connectivity index (χ0n) is 16.1. The van der Waals surface area contributed by atoms with Gasteiger partial charge in [0, 0.05) is 19.2 Å². The number of nitrogens with two attached hydrogens (primary N) is 1. The standard InChI is InChI=1S/C20H27N3O3S/c1-15(2)20(3,14-21)22-19(24)16-9-8-12-18(13-16)27(25,26)23(4)17-10-6-5-7-11-17/h5-13,15H,14,21H2,1-4H3,(H,22,24). The quantitative estimate of drug-likeness (QED) is 0.761. The maximum atomic E-state index is 12.9. The first-order valence-corrected chi connectivity index (χ1v) is 10.2. The monoisotopic (exact) mass is 389 g/mol. The van der Waals surface area contributed by atoms with Gasteiger partial charge in [0.15, 0.2) is 0 Å². The van der Waals surface area contributed by atoms with Gasteiger partial charge in [0.1, 0.15) is 0 Å². The van der Waals surface area contributed by atoms with Crippen molar-refractivity contribution in [1.82, 2.24) is 5.32 Å². The molecule has 0 aliphatic carbocycles. The Morgan fingerprint density at radius 2 is 1.78 bits per heavy atom. The number of rotatable bonds is 7. The molecule has 1 amide bonds. The molecule has 0 saturated carbocycles. The van der Waals surface area contributed by atoms with Gasteiger partial charge in [-0.15, -0.1) is 0 Å². The molecular weight excluding hydrogens is 362 g/mol. The molecule has 0 spiro atoms. The van der Waals surface area contributed by atoms with E-state index in [4.69, 9.17) is 5.73 Å². The van der Waals surface area contributed by atoms with Crippen LogP contribution in [0.25, 0.3) is 0 Å². The highest BCUT2D eigenvalue weighted by molar-refractivity contribution is 7.92. The average molecular weight is 390 g/mol. The Morgan fingerprint density at radius 1 is 1.15 bits per heavy atom. The van der Waals surface area contributed by atoms with E-state index in [1.54, 1.807) is 36.4 Å². The van der Waals surface area contributed by atoms with Crippen LogP contribution in [0.4, 0.5) is 5.69 Å². The minimum atomic E-state index is -3.79. The average Bonchev–Trinajstić information content (AvgIpc) is 2.67. The molecule has 1 unspecified atom stereocenters. The third kappa shape index (κ3) is 4.48. The Morgan fingerprint density at radius 3 is 2.33 bits per heavy atom. The molecule has 7 heteroatoms. The summed E-state index contributed by atoms with van der Waals surface area (Å²) in [5, 5.41) is 2.93. The molecule has 0 saturated heterocycles. The van der Waals surface area contributed by atoms with E-state index in [-0.39, 0.29) is 28.8 Å². The Balaban J connectivity index is 2.33. The molecule has 0 aliphatic rings. The lowest BCUT2D eigenvalue weighted by atomic mass is 9.88. The number of carbonyl (C=O) groups excluding carboxylic acids is 1. The van der Waals surface area contributed by atoms with E-state index in [0.29, 0.717) is 5.69 Å². The SMILES string of the molecule is CC(C)C(C)(CN)NC(=O)c1cccc(S(=O)(=O)N(C)c2ccccc2)c1. The number of hydrogen-bond acceptors (Lipinski definition) is 4. The number of carbonyl (C=O) groups is 1. The summed E-state index contributed by atoms with van der Waals surface area (Å²) in [5.41, 5.74) is 6.06. The lowest BCUT2D eigenvalue weighted by molar-refractivity contribution is 0.0883. The lowest BCUT2D eigenvalue weighted by Crippen LogP contribution is -2.55. The maximum absolute atomic E-state index is 12.9. The summed E-state index contributed by atoms with van der Waals surface area (Å²) in [7, 11) is -2.30. The van der Waals surface area contributed by atoms with Crippen molar-refractivity contribution >= 4 is 21.6 Å². The third-order valence-corrected chi connectivity index (χ3v) is 6.75. The zero-order chi connectivity index (χ0) is 20.2. The van der Waals surface area contributed by atoms with E-state index in [0.717, 1.165) is 0 Å². The highest BCUT2D eigenvalue weighted by atomic mass is 32.2. The number of nitrogens with one attached hydrogen (secondary N) is 1. The molecule has 0 aromatic heterocycles. The van der Waals surface area contributed by atoms with Crippen molar-refractivity contribution in [2.45, 2.75) is 31.2 Å². The predicted octanol–water partition coefficient (Wildman–Crippen LogP) is 2.61. The van der Waals surface area contributed by atoms with Crippen molar-refractivity contribution in [3.8, 4) is 0 Å². The highest BCUT2D eigenvalue weighted by Crippen LogP contribution is 2.23. The second-order valence-corrected chi connectivity index (χ2v) is 9.04. The van der Waals surface area contributed by atoms with Gasteiger partial charge in [-0.25, -0.2) is 8.42 Å². The predicted molar refractivity (Wildman–Crippen MR) is 108 cm³/mol. The molecule has 2 aromatic rings. The van der Waals surface area contributed by atoms with Crippen molar-refractivity contribution in [3.05, 3.63) is 60.2 Å². The maximum Gasteiger partial charge on any atom is 0.264 e. The summed E-state index contributed by atoms with van der Waals surface area (Å²) in [4.78, 5) is 12.7. The minimum absolute atomic E-state index is 0.0560. The van der Waals surface area contributed by atoms with Crippen molar-refractivity contribution < 1.29 is 13.2 Å². The van der Waals surface area contributed by atoms with Gasteiger partial charge in [0.2, 0.25) is 0 Å². The van der Waals surface area contributed by atoms with Crippen molar-refractivity contribution in [3.63, 3.8) is 0 Å². The largest absolute Gasteiger partial charge is 0.345 e. The number of anilines is 1. The second-order valence-electron chi connectivity index (χ2n) is 7.07. The topological polar surface area (TPSA) is 92.5 Å². The molecule has 0 bridgehead atoms. The van der Waals surface area contributed by atoms with Crippen LogP contribution in [0.2, 0.25) is 0 Å². The fourth-order valence-electron chi connectivity index (χ4n) is 2.50. The van der Waals surface area contributed by atoms with Crippen LogP contribution in [0.15, 0.2) is 59.5 Å². The highest BCUT2D eigenvalue weighted by Gasteiger charge is 2.29. The number of benzene rings is 2. The summed E-state index contributed by atoms with van der Waals surface area (Å²) in [6.07, 6.45) is 0. The Labute approximate surface area is 161 Å². The summed E-state index contributed by atoms with van der Waals surface area (Å²) < 4.78 is 27.1. The van der Waals surface area contributed by atoms with Crippen molar-refractivity contribution in [1.29, 1.82) is 0 Å². The molecule has 3 N–H and O–H groups in total. The second kappa shape index (κ2) is 8.10. The molecule has 2 rings (SSSR count). The first-order valence-electron chi connectivity index (χ1n) is 8.78. The Hall–Kier alpha value is -2.38. The minimum Gasteiger partial charge on any atom is -0.345 e. The molecule has 1 atom stereocenters. The van der Waals surface area contributed by atoms with Gasteiger partial charge >= 0.3 is 0 Å². The van der Waals surface area contributed by atoms with E-state index < -0.39 is 15.6 Å². The van der Waals surface area contributed by atoms with Gasteiger partial charge < -0.3 is 11.1 Å². The molecule has 6 nitrogen and oxygen atoms in total. The normalized spacial score (nSPS) is 13.9. The molecule has 0 fully saturated rings. The third-order valence-electron chi connectivity index (χ3n) is 4.97.